The van der Waals surface area contributed by atoms with Crippen molar-refractivity contribution in [3.05, 3.63) is 75.0 Å². The van der Waals surface area contributed by atoms with Crippen molar-refractivity contribution in [1.29, 1.82) is 0 Å². The molecule has 0 spiro atoms. The van der Waals surface area contributed by atoms with Gasteiger partial charge in [0.1, 0.15) is 17.5 Å². The van der Waals surface area contributed by atoms with Crippen LogP contribution in [0.1, 0.15) is 56.2 Å². The molecule has 2 aromatic carbocycles. The van der Waals surface area contributed by atoms with Crippen molar-refractivity contribution in [3.8, 4) is 0 Å². The summed E-state index contributed by atoms with van der Waals surface area (Å²) in [6.45, 7) is 5.76. The van der Waals surface area contributed by atoms with Crippen molar-refractivity contribution in [2.24, 2.45) is 0 Å². The topological polar surface area (TPSA) is 64.0 Å². The van der Waals surface area contributed by atoms with Crippen molar-refractivity contribution < 1.29 is 18.0 Å². The normalized spacial score (nSPS) is 16.9. The van der Waals surface area contributed by atoms with Crippen molar-refractivity contribution in [3.63, 3.8) is 0 Å². The molecule has 0 radical (unpaired) electrons. The molecule has 0 bridgehead atoms. The van der Waals surface area contributed by atoms with Gasteiger partial charge in [-0.3, -0.25) is 9.59 Å². The van der Waals surface area contributed by atoms with Gasteiger partial charge in [0.2, 0.25) is 5.91 Å². The predicted molar refractivity (Wildman–Crippen MR) is 115 cm³/mol. The molecule has 1 aliphatic heterocycles. The molecule has 3 aromatic rings. The minimum Gasteiger partial charge on any atom is -0.356 e. The maximum atomic E-state index is 14.8. The van der Waals surface area contributed by atoms with E-state index < -0.39 is 29.6 Å². The van der Waals surface area contributed by atoms with E-state index in [1.165, 1.54) is 24.4 Å². The highest BCUT2D eigenvalue weighted by atomic mass is 19.1. The Labute approximate surface area is 183 Å². The Morgan fingerprint density at radius 3 is 2.38 bits per heavy atom. The van der Waals surface area contributed by atoms with Crippen LogP contribution >= 0.6 is 0 Å². The molecule has 32 heavy (non-hydrogen) atoms. The summed E-state index contributed by atoms with van der Waals surface area (Å²) < 4.78 is 45.2. The van der Waals surface area contributed by atoms with Gasteiger partial charge in [-0.15, -0.1) is 0 Å². The van der Waals surface area contributed by atoms with Gasteiger partial charge in [-0.05, 0) is 53.1 Å². The summed E-state index contributed by atoms with van der Waals surface area (Å²) in [5.74, 6) is -2.78. The summed E-state index contributed by atoms with van der Waals surface area (Å²) in [6.07, 6.45) is 2.09. The molecule has 1 aromatic heterocycles. The highest BCUT2D eigenvalue weighted by Crippen LogP contribution is 2.29. The van der Waals surface area contributed by atoms with Gasteiger partial charge in [-0.25, -0.2) is 17.9 Å². The molecule has 5 nitrogen and oxygen atoms in total. The van der Waals surface area contributed by atoms with E-state index >= 15 is 0 Å². The van der Waals surface area contributed by atoms with Crippen LogP contribution in [0, 0.1) is 17.5 Å². The van der Waals surface area contributed by atoms with Crippen LogP contribution in [0.15, 0.2) is 35.3 Å². The second-order valence-electron chi connectivity index (χ2n) is 9.28. The monoisotopic (exact) mass is 443 g/mol. The zero-order chi connectivity index (χ0) is 23.2. The van der Waals surface area contributed by atoms with E-state index in [0.717, 1.165) is 4.68 Å². The Kier molecular flexibility index (Phi) is 5.56. The highest BCUT2D eigenvalue weighted by Gasteiger charge is 2.24. The van der Waals surface area contributed by atoms with Crippen LogP contribution in [0.5, 0.6) is 0 Å². The average molecular weight is 443 g/mol. The smallest absolute Gasteiger partial charge is 0.277 e. The lowest BCUT2D eigenvalue weighted by atomic mass is 9.86. The SMILES string of the molecule is CC(C)(C)c1cc(F)c2c(=O)n(Cc3c(F)cc(C4CCNC(=O)C4)cc3F)ncc2c1. The summed E-state index contributed by atoms with van der Waals surface area (Å²) in [4.78, 5) is 24.5. The third-order valence-corrected chi connectivity index (χ3v) is 5.96. The second-order valence-corrected chi connectivity index (χ2v) is 9.28. The fourth-order valence-corrected chi connectivity index (χ4v) is 4.04. The number of aromatic nitrogens is 2. The Hall–Kier alpha value is -3.16. The number of piperidine rings is 1. The first-order valence-corrected chi connectivity index (χ1v) is 10.5. The lowest BCUT2D eigenvalue weighted by Gasteiger charge is -2.23. The molecule has 0 aliphatic carbocycles. The molecule has 1 fully saturated rings. The van der Waals surface area contributed by atoms with Gasteiger partial charge in [0.05, 0.1) is 18.1 Å². The third-order valence-electron chi connectivity index (χ3n) is 5.96. The van der Waals surface area contributed by atoms with Gasteiger partial charge in [0, 0.05) is 23.9 Å². The van der Waals surface area contributed by atoms with Crippen molar-refractivity contribution in [2.45, 2.75) is 51.5 Å². The van der Waals surface area contributed by atoms with Gasteiger partial charge in [0.25, 0.3) is 5.56 Å². The van der Waals surface area contributed by atoms with Crippen LogP contribution in [0.2, 0.25) is 0 Å². The fourth-order valence-electron chi connectivity index (χ4n) is 4.04. The number of nitrogens with zero attached hydrogens (tertiary/aromatic N) is 2. The van der Waals surface area contributed by atoms with Crippen molar-refractivity contribution in [1.82, 2.24) is 15.1 Å². The zero-order valence-electron chi connectivity index (χ0n) is 18.1. The molecular formula is C24H24F3N3O2. The summed E-state index contributed by atoms with van der Waals surface area (Å²) in [5.41, 5.74) is -0.303. The van der Waals surface area contributed by atoms with Gasteiger partial charge in [0.15, 0.2) is 0 Å². The molecule has 1 atom stereocenters. The number of rotatable bonds is 3. The van der Waals surface area contributed by atoms with Gasteiger partial charge < -0.3 is 5.32 Å². The molecule has 2 heterocycles. The zero-order valence-corrected chi connectivity index (χ0v) is 18.1. The summed E-state index contributed by atoms with van der Waals surface area (Å²) >= 11 is 0. The van der Waals surface area contributed by atoms with E-state index in [1.807, 2.05) is 20.8 Å². The summed E-state index contributed by atoms with van der Waals surface area (Å²) in [5, 5.41) is 6.88. The van der Waals surface area contributed by atoms with E-state index in [-0.39, 0.29) is 34.6 Å². The van der Waals surface area contributed by atoms with E-state index in [2.05, 4.69) is 10.4 Å². The summed E-state index contributed by atoms with van der Waals surface area (Å²) in [7, 11) is 0. The summed E-state index contributed by atoms with van der Waals surface area (Å²) in [6, 6.07) is 5.41. The number of halogens is 3. The lowest BCUT2D eigenvalue weighted by molar-refractivity contribution is -0.122. The number of hydrogen-bond donors (Lipinski definition) is 1. The first-order valence-electron chi connectivity index (χ1n) is 10.5. The first-order chi connectivity index (χ1) is 15.0. The molecule has 1 amide bonds. The minimum atomic E-state index is -0.830. The van der Waals surface area contributed by atoms with E-state index in [9.17, 15) is 22.8 Å². The predicted octanol–water partition coefficient (Wildman–Crippen LogP) is 4.15. The third kappa shape index (κ3) is 4.13. The Morgan fingerprint density at radius 1 is 1.06 bits per heavy atom. The number of fused-ring (bicyclic) bond motifs is 1. The van der Waals surface area contributed by atoms with Crippen LogP contribution in [0.3, 0.4) is 0 Å². The minimum absolute atomic E-state index is 0.158. The van der Waals surface area contributed by atoms with Crippen molar-refractivity contribution in [2.75, 3.05) is 6.54 Å². The molecule has 8 heteroatoms. The Balaban J connectivity index is 1.70. The average Bonchev–Trinajstić information content (AvgIpc) is 2.71. The molecule has 1 unspecified atom stereocenters. The van der Waals surface area contributed by atoms with Crippen LogP contribution < -0.4 is 10.9 Å². The molecule has 4 rings (SSSR count). The van der Waals surface area contributed by atoms with Crippen LogP contribution in [0.25, 0.3) is 10.8 Å². The molecule has 1 aliphatic rings. The van der Waals surface area contributed by atoms with E-state index in [4.69, 9.17) is 0 Å². The largest absolute Gasteiger partial charge is 0.356 e. The van der Waals surface area contributed by atoms with Gasteiger partial charge in [-0.2, -0.15) is 5.10 Å². The number of benzene rings is 2. The van der Waals surface area contributed by atoms with E-state index in [0.29, 0.717) is 29.5 Å². The van der Waals surface area contributed by atoms with Crippen LogP contribution in [-0.2, 0) is 16.8 Å². The van der Waals surface area contributed by atoms with E-state index in [1.54, 1.807) is 6.07 Å². The van der Waals surface area contributed by atoms with Crippen LogP contribution in [-0.4, -0.2) is 22.2 Å². The maximum Gasteiger partial charge on any atom is 0.277 e. The lowest BCUT2D eigenvalue weighted by Crippen LogP contribution is -2.32. The molecule has 168 valence electrons. The Bertz CT molecular complexity index is 1250. The maximum absolute atomic E-state index is 14.8. The fraction of sp³-hybridized carbons (Fsp3) is 0.375. The standard InChI is InChI=1S/C24H24F3N3O2/c1-24(2,3)16-6-15-11-29-30(23(32)22(15)20(27)10-16)12-17-18(25)7-14(8-19(17)26)13-4-5-28-21(31)9-13/h6-8,10-11,13H,4-5,9,12H2,1-3H3,(H,28,31). The van der Waals surface area contributed by atoms with Gasteiger partial charge in [-0.1, -0.05) is 20.8 Å². The quantitative estimate of drug-likeness (QED) is 0.662. The number of carbonyl (C=O) groups excluding carboxylic acids is 1. The van der Waals surface area contributed by atoms with Gasteiger partial charge >= 0.3 is 0 Å². The Morgan fingerprint density at radius 2 is 1.75 bits per heavy atom. The number of hydrogen-bond acceptors (Lipinski definition) is 3. The second kappa shape index (κ2) is 8.07. The molecule has 0 saturated carbocycles. The molecule has 1 N–H and O–H groups in total. The highest BCUT2D eigenvalue weighted by molar-refractivity contribution is 5.82. The number of carbonyl (C=O) groups is 1. The number of nitrogens with one attached hydrogen (secondary N) is 1. The van der Waals surface area contributed by atoms with Crippen LogP contribution in [0.4, 0.5) is 13.2 Å². The molecular weight excluding hydrogens is 419 g/mol. The van der Waals surface area contributed by atoms with Crippen molar-refractivity contribution >= 4 is 16.7 Å². The number of amides is 1. The first kappa shape index (κ1) is 22.0. The molecule has 1 saturated heterocycles.